The first-order valence-corrected chi connectivity index (χ1v) is 3.87. The third-order valence-electron chi connectivity index (χ3n) is 1.76. The second kappa shape index (κ2) is 3.11. The molecular formula is C8H12ClN. The van der Waals surface area contributed by atoms with Gasteiger partial charge in [-0.15, -0.1) is 0 Å². The van der Waals surface area contributed by atoms with E-state index in [1.54, 1.807) is 0 Å². The van der Waals surface area contributed by atoms with Crippen LogP contribution in [0.15, 0.2) is 22.4 Å². The van der Waals surface area contributed by atoms with Gasteiger partial charge >= 0.3 is 0 Å². The Labute approximate surface area is 66.8 Å². The number of hydrogen-bond donors (Lipinski definition) is 1. The Bertz CT molecular complexity index is 191. The summed E-state index contributed by atoms with van der Waals surface area (Å²) in [5.74, 6) is 0. The summed E-state index contributed by atoms with van der Waals surface area (Å²) in [6, 6.07) is 0. The lowest BCUT2D eigenvalue weighted by Crippen LogP contribution is -2.10. The predicted molar refractivity (Wildman–Crippen MR) is 44.9 cm³/mol. The van der Waals surface area contributed by atoms with E-state index < -0.39 is 0 Å². The molecule has 10 heavy (non-hydrogen) atoms. The van der Waals surface area contributed by atoms with E-state index in [9.17, 15) is 0 Å². The van der Waals surface area contributed by atoms with E-state index in [1.165, 1.54) is 5.57 Å². The number of halogens is 1. The van der Waals surface area contributed by atoms with Crippen LogP contribution in [0.1, 0.15) is 19.8 Å². The maximum absolute atomic E-state index is 5.92. The first kappa shape index (κ1) is 7.67. The van der Waals surface area contributed by atoms with Crippen LogP contribution in [0.5, 0.6) is 0 Å². The molecule has 1 N–H and O–H groups in total. The normalized spacial score (nSPS) is 18.9. The Balaban J connectivity index is 2.87. The van der Waals surface area contributed by atoms with Crippen molar-refractivity contribution in [2.75, 3.05) is 7.05 Å². The zero-order chi connectivity index (χ0) is 7.56. The number of allylic oxidation sites excluding steroid dienone is 3. The lowest BCUT2D eigenvalue weighted by Gasteiger charge is -2.14. The van der Waals surface area contributed by atoms with Gasteiger partial charge in [-0.2, -0.15) is 0 Å². The molecule has 0 saturated carbocycles. The average molecular weight is 158 g/mol. The molecule has 0 bridgehead atoms. The van der Waals surface area contributed by atoms with Crippen molar-refractivity contribution in [1.29, 1.82) is 0 Å². The fraction of sp³-hybridized carbons (Fsp3) is 0.500. The number of nitrogens with one attached hydrogen (secondary N) is 1. The van der Waals surface area contributed by atoms with E-state index in [-0.39, 0.29) is 0 Å². The van der Waals surface area contributed by atoms with Crippen molar-refractivity contribution in [1.82, 2.24) is 5.32 Å². The number of hydrogen-bond acceptors (Lipinski definition) is 1. The van der Waals surface area contributed by atoms with Crippen molar-refractivity contribution in [3.8, 4) is 0 Å². The number of rotatable bonds is 1. The Morgan fingerprint density at radius 3 is 2.70 bits per heavy atom. The van der Waals surface area contributed by atoms with Crippen LogP contribution in [0.2, 0.25) is 0 Å². The molecule has 56 valence electrons. The van der Waals surface area contributed by atoms with Crippen molar-refractivity contribution < 1.29 is 0 Å². The lowest BCUT2D eigenvalue weighted by molar-refractivity contribution is 0.875. The van der Waals surface area contributed by atoms with Gasteiger partial charge in [0.15, 0.2) is 0 Å². The third-order valence-corrected chi connectivity index (χ3v) is 2.10. The fourth-order valence-electron chi connectivity index (χ4n) is 1.18. The van der Waals surface area contributed by atoms with Gasteiger partial charge in [0.25, 0.3) is 0 Å². The Hall–Kier alpha value is -0.430. The quantitative estimate of drug-likeness (QED) is 0.617. The molecule has 0 aromatic carbocycles. The summed E-state index contributed by atoms with van der Waals surface area (Å²) in [5.41, 5.74) is 2.46. The van der Waals surface area contributed by atoms with Crippen LogP contribution >= 0.6 is 11.6 Å². The summed E-state index contributed by atoms with van der Waals surface area (Å²) in [5, 5.41) is 3.95. The number of likely N-dealkylation sites (N-methyl/N-ethyl adjacent to an activating group) is 1. The van der Waals surface area contributed by atoms with E-state index in [0.717, 1.165) is 23.6 Å². The van der Waals surface area contributed by atoms with Gasteiger partial charge in [0.1, 0.15) is 0 Å². The highest BCUT2D eigenvalue weighted by Gasteiger charge is 2.08. The summed E-state index contributed by atoms with van der Waals surface area (Å²) in [6.07, 6.45) is 4.27. The molecule has 0 aromatic heterocycles. The van der Waals surface area contributed by atoms with Gasteiger partial charge in [0.05, 0.1) is 10.7 Å². The zero-order valence-electron chi connectivity index (χ0n) is 6.37. The zero-order valence-corrected chi connectivity index (χ0v) is 7.13. The molecular weight excluding hydrogens is 146 g/mol. The van der Waals surface area contributed by atoms with Gasteiger partial charge in [-0.25, -0.2) is 0 Å². The van der Waals surface area contributed by atoms with Crippen molar-refractivity contribution in [2.45, 2.75) is 19.8 Å². The fourth-order valence-corrected chi connectivity index (χ4v) is 1.54. The third kappa shape index (κ3) is 1.35. The van der Waals surface area contributed by atoms with Gasteiger partial charge in [-0.1, -0.05) is 17.7 Å². The molecule has 0 unspecified atom stereocenters. The summed E-state index contributed by atoms with van der Waals surface area (Å²) in [7, 11) is 1.90. The molecule has 2 heteroatoms. The van der Waals surface area contributed by atoms with Crippen molar-refractivity contribution >= 4 is 11.6 Å². The summed E-state index contributed by atoms with van der Waals surface area (Å²) < 4.78 is 0. The molecule has 1 rings (SSSR count). The average Bonchev–Trinajstić information content (AvgIpc) is 1.88. The van der Waals surface area contributed by atoms with E-state index in [0.29, 0.717) is 0 Å². The van der Waals surface area contributed by atoms with Gasteiger partial charge in [-0.05, 0) is 25.3 Å². The topological polar surface area (TPSA) is 12.0 Å². The minimum Gasteiger partial charge on any atom is -0.387 e. The molecule has 1 aliphatic carbocycles. The van der Waals surface area contributed by atoms with Crippen LogP contribution in [0.3, 0.4) is 0 Å². The molecule has 0 aliphatic heterocycles. The van der Waals surface area contributed by atoms with E-state index >= 15 is 0 Å². The van der Waals surface area contributed by atoms with Crippen LogP contribution in [-0.2, 0) is 0 Å². The van der Waals surface area contributed by atoms with Crippen LogP contribution in [0, 0.1) is 0 Å². The van der Waals surface area contributed by atoms with Gasteiger partial charge in [0.2, 0.25) is 0 Å². The van der Waals surface area contributed by atoms with Gasteiger partial charge in [0, 0.05) is 7.05 Å². The standard InChI is InChI=1S/C8H12ClN/c1-6-4-3-5-7(9)8(6)10-2/h5,10H,3-4H2,1-2H3. The van der Waals surface area contributed by atoms with Crippen LogP contribution in [0.4, 0.5) is 0 Å². The van der Waals surface area contributed by atoms with Gasteiger partial charge in [-0.3, -0.25) is 0 Å². The van der Waals surface area contributed by atoms with Crippen LogP contribution in [0.25, 0.3) is 0 Å². The van der Waals surface area contributed by atoms with Crippen molar-refractivity contribution in [3.05, 3.63) is 22.4 Å². The van der Waals surface area contributed by atoms with Crippen molar-refractivity contribution in [2.24, 2.45) is 0 Å². The smallest absolute Gasteiger partial charge is 0.0597 e. The second-order valence-electron chi connectivity index (χ2n) is 2.50. The molecule has 0 amide bonds. The molecule has 0 radical (unpaired) electrons. The molecule has 1 aliphatic rings. The summed E-state index contributed by atoms with van der Waals surface area (Å²) in [6.45, 7) is 2.11. The predicted octanol–water partition coefficient (Wildman–Crippen LogP) is 2.40. The molecule has 0 saturated heterocycles. The maximum Gasteiger partial charge on any atom is 0.0597 e. The Kier molecular flexibility index (Phi) is 2.39. The highest BCUT2D eigenvalue weighted by atomic mass is 35.5. The molecule has 1 nitrogen and oxygen atoms in total. The summed E-state index contributed by atoms with van der Waals surface area (Å²) >= 11 is 5.92. The first-order valence-electron chi connectivity index (χ1n) is 3.49. The Morgan fingerprint density at radius 1 is 1.60 bits per heavy atom. The van der Waals surface area contributed by atoms with E-state index in [4.69, 9.17) is 11.6 Å². The maximum atomic E-state index is 5.92. The molecule has 0 heterocycles. The SMILES string of the molecule is CNC1=C(C)CCC=C1Cl. The highest BCUT2D eigenvalue weighted by molar-refractivity contribution is 6.32. The first-order chi connectivity index (χ1) is 4.75. The van der Waals surface area contributed by atoms with Gasteiger partial charge < -0.3 is 5.32 Å². The summed E-state index contributed by atoms with van der Waals surface area (Å²) in [4.78, 5) is 0. The molecule has 0 spiro atoms. The largest absolute Gasteiger partial charge is 0.387 e. The van der Waals surface area contributed by atoms with E-state index in [1.807, 2.05) is 7.05 Å². The monoisotopic (exact) mass is 157 g/mol. The Morgan fingerprint density at radius 2 is 2.30 bits per heavy atom. The van der Waals surface area contributed by atoms with E-state index in [2.05, 4.69) is 18.3 Å². The van der Waals surface area contributed by atoms with Crippen LogP contribution in [-0.4, -0.2) is 7.05 Å². The molecule has 0 aromatic rings. The molecule has 0 fully saturated rings. The second-order valence-corrected chi connectivity index (χ2v) is 2.90. The van der Waals surface area contributed by atoms with Crippen LogP contribution < -0.4 is 5.32 Å². The highest BCUT2D eigenvalue weighted by Crippen LogP contribution is 2.24. The minimum atomic E-state index is 0.867. The minimum absolute atomic E-state index is 0.867. The lowest BCUT2D eigenvalue weighted by atomic mass is 10.0. The molecule has 0 atom stereocenters. The van der Waals surface area contributed by atoms with Crippen molar-refractivity contribution in [3.63, 3.8) is 0 Å².